The number of hydrogen-bond donors (Lipinski definition) is 0. The zero-order valence-corrected chi connectivity index (χ0v) is 9.80. The molecular weight excluding hydrogens is 176 g/mol. The minimum absolute atomic E-state index is 0.136. The Morgan fingerprint density at radius 1 is 1.50 bits per heavy atom. The minimum Gasteiger partial charge on any atom is -0.463 e. The van der Waals surface area contributed by atoms with Crippen LogP contribution < -0.4 is 0 Å². The van der Waals surface area contributed by atoms with Gasteiger partial charge in [0, 0.05) is 6.92 Å². The highest BCUT2D eigenvalue weighted by atomic mass is 16.5. The van der Waals surface area contributed by atoms with E-state index in [0.29, 0.717) is 11.3 Å². The molecular formula is C12H22O2. The Bertz CT molecular complexity index is 210. The summed E-state index contributed by atoms with van der Waals surface area (Å²) in [5.41, 5.74) is 0.359. The summed E-state index contributed by atoms with van der Waals surface area (Å²) in [5, 5.41) is 0. The number of carbonyl (C=O) groups excluding carboxylic acids is 1. The van der Waals surface area contributed by atoms with Crippen LogP contribution in [0.5, 0.6) is 0 Å². The van der Waals surface area contributed by atoms with Gasteiger partial charge in [0.1, 0.15) is 6.10 Å². The van der Waals surface area contributed by atoms with E-state index in [1.165, 1.54) is 19.8 Å². The summed E-state index contributed by atoms with van der Waals surface area (Å²) >= 11 is 0. The Morgan fingerprint density at radius 3 is 2.64 bits per heavy atom. The molecule has 2 unspecified atom stereocenters. The van der Waals surface area contributed by atoms with Crippen LogP contribution in [0.2, 0.25) is 0 Å². The molecule has 0 aliphatic heterocycles. The SMILES string of the molecule is CC(=O)OC1CCCC(C)(C(C)C)C1. The van der Waals surface area contributed by atoms with E-state index in [1.54, 1.807) is 0 Å². The topological polar surface area (TPSA) is 26.3 Å². The van der Waals surface area contributed by atoms with Crippen molar-refractivity contribution in [1.82, 2.24) is 0 Å². The average molecular weight is 198 g/mol. The molecule has 1 aliphatic rings. The van der Waals surface area contributed by atoms with Gasteiger partial charge in [0.25, 0.3) is 0 Å². The summed E-state index contributed by atoms with van der Waals surface area (Å²) in [4.78, 5) is 10.9. The lowest BCUT2D eigenvalue weighted by Crippen LogP contribution is -2.35. The van der Waals surface area contributed by atoms with Gasteiger partial charge in [0.15, 0.2) is 0 Å². The molecule has 0 amide bonds. The molecule has 0 saturated heterocycles. The maximum atomic E-state index is 10.9. The van der Waals surface area contributed by atoms with Crippen LogP contribution >= 0.6 is 0 Å². The van der Waals surface area contributed by atoms with Crippen LogP contribution in [0.3, 0.4) is 0 Å². The van der Waals surface area contributed by atoms with Gasteiger partial charge < -0.3 is 4.74 Å². The van der Waals surface area contributed by atoms with E-state index in [2.05, 4.69) is 20.8 Å². The van der Waals surface area contributed by atoms with Crippen LogP contribution in [0.4, 0.5) is 0 Å². The summed E-state index contributed by atoms with van der Waals surface area (Å²) < 4.78 is 5.30. The molecule has 2 heteroatoms. The first-order valence-corrected chi connectivity index (χ1v) is 5.61. The summed E-state index contributed by atoms with van der Waals surface area (Å²) in [5.74, 6) is 0.531. The quantitative estimate of drug-likeness (QED) is 0.637. The maximum Gasteiger partial charge on any atom is 0.302 e. The lowest BCUT2D eigenvalue weighted by atomic mass is 9.67. The van der Waals surface area contributed by atoms with Gasteiger partial charge in [-0.25, -0.2) is 0 Å². The van der Waals surface area contributed by atoms with E-state index in [0.717, 1.165) is 12.8 Å². The Hall–Kier alpha value is -0.530. The molecule has 0 radical (unpaired) electrons. The fourth-order valence-corrected chi connectivity index (χ4v) is 2.32. The Labute approximate surface area is 87.0 Å². The van der Waals surface area contributed by atoms with Gasteiger partial charge in [-0.3, -0.25) is 4.79 Å². The second kappa shape index (κ2) is 4.33. The molecule has 0 aromatic rings. The number of rotatable bonds is 2. The summed E-state index contributed by atoms with van der Waals surface area (Å²) in [7, 11) is 0. The first-order valence-electron chi connectivity index (χ1n) is 5.61. The maximum absolute atomic E-state index is 10.9. The third kappa shape index (κ3) is 2.73. The second-order valence-corrected chi connectivity index (χ2v) is 5.14. The van der Waals surface area contributed by atoms with E-state index in [4.69, 9.17) is 4.74 Å². The van der Waals surface area contributed by atoms with Gasteiger partial charge in [-0.1, -0.05) is 20.8 Å². The fraction of sp³-hybridized carbons (Fsp3) is 0.917. The number of esters is 1. The van der Waals surface area contributed by atoms with Crippen LogP contribution in [-0.2, 0) is 9.53 Å². The van der Waals surface area contributed by atoms with E-state index < -0.39 is 0 Å². The van der Waals surface area contributed by atoms with Gasteiger partial charge in [0.05, 0.1) is 0 Å². The van der Waals surface area contributed by atoms with Crippen molar-refractivity contribution in [2.24, 2.45) is 11.3 Å². The average Bonchev–Trinajstić information content (AvgIpc) is 2.02. The molecule has 1 fully saturated rings. The summed E-state index contributed by atoms with van der Waals surface area (Å²) in [6.45, 7) is 8.33. The zero-order valence-electron chi connectivity index (χ0n) is 9.80. The third-order valence-electron chi connectivity index (χ3n) is 3.69. The predicted molar refractivity (Wildman–Crippen MR) is 57.0 cm³/mol. The van der Waals surface area contributed by atoms with Crippen LogP contribution in [0, 0.1) is 11.3 Å². The lowest BCUT2D eigenvalue weighted by Gasteiger charge is -2.40. The molecule has 2 nitrogen and oxygen atoms in total. The highest BCUT2D eigenvalue weighted by molar-refractivity contribution is 5.66. The van der Waals surface area contributed by atoms with Gasteiger partial charge in [-0.05, 0) is 37.0 Å². The molecule has 0 N–H and O–H groups in total. The predicted octanol–water partition coefficient (Wildman–Crippen LogP) is 3.15. The van der Waals surface area contributed by atoms with Crippen molar-refractivity contribution in [3.63, 3.8) is 0 Å². The van der Waals surface area contributed by atoms with E-state index in [-0.39, 0.29) is 12.1 Å². The van der Waals surface area contributed by atoms with Gasteiger partial charge in [-0.15, -0.1) is 0 Å². The van der Waals surface area contributed by atoms with Crippen molar-refractivity contribution in [2.75, 3.05) is 0 Å². The molecule has 0 bridgehead atoms. The van der Waals surface area contributed by atoms with Crippen LogP contribution in [0.25, 0.3) is 0 Å². The van der Waals surface area contributed by atoms with Crippen LogP contribution in [0.1, 0.15) is 53.4 Å². The van der Waals surface area contributed by atoms with E-state index in [1.807, 2.05) is 0 Å². The molecule has 0 aromatic carbocycles. The minimum atomic E-state index is -0.136. The van der Waals surface area contributed by atoms with Gasteiger partial charge in [-0.2, -0.15) is 0 Å². The third-order valence-corrected chi connectivity index (χ3v) is 3.69. The molecule has 0 heterocycles. The van der Waals surface area contributed by atoms with Crippen molar-refractivity contribution >= 4 is 5.97 Å². The van der Waals surface area contributed by atoms with Gasteiger partial charge >= 0.3 is 5.97 Å². The molecule has 0 spiro atoms. The van der Waals surface area contributed by atoms with Crippen molar-refractivity contribution in [3.05, 3.63) is 0 Å². The monoisotopic (exact) mass is 198 g/mol. The number of hydrogen-bond acceptors (Lipinski definition) is 2. The van der Waals surface area contributed by atoms with Crippen molar-refractivity contribution in [1.29, 1.82) is 0 Å². The normalized spacial score (nSPS) is 33.1. The molecule has 0 aromatic heterocycles. The Morgan fingerprint density at radius 2 is 2.14 bits per heavy atom. The van der Waals surface area contributed by atoms with Crippen LogP contribution in [0.15, 0.2) is 0 Å². The smallest absolute Gasteiger partial charge is 0.302 e. The molecule has 2 atom stereocenters. The molecule has 14 heavy (non-hydrogen) atoms. The largest absolute Gasteiger partial charge is 0.463 e. The molecule has 82 valence electrons. The van der Waals surface area contributed by atoms with Crippen molar-refractivity contribution in [2.45, 2.75) is 59.5 Å². The van der Waals surface area contributed by atoms with E-state index in [9.17, 15) is 4.79 Å². The zero-order chi connectivity index (χ0) is 10.8. The highest BCUT2D eigenvalue weighted by Crippen LogP contribution is 2.42. The highest BCUT2D eigenvalue weighted by Gasteiger charge is 2.35. The lowest BCUT2D eigenvalue weighted by molar-refractivity contribution is -0.150. The molecule has 1 aliphatic carbocycles. The first kappa shape index (κ1) is 11.5. The number of ether oxygens (including phenoxy) is 1. The van der Waals surface area contributed by atoms with Gasteiger partial charge in [0.2, 0.25) is 0 Å². The van der Waals surface area contributed by atoms with Crippen molar-refractivity contribution < 1.29 is 9.53 Å². The Kier molecular flexibility index (Phi) is 3.57. The fourth-order valence-electron chi connectivity index (χ4n) is 2.32. The molecule has 1 rings (SSSR count). The Balaban J connectivity index is 2.55. The summed E-state index contributed by atoms with van der Waals surface area (Å²) in [6, 6.07) is 0. The first-order chi connectivity index (χ1) is 6.44. The summed E-state index contributed by atoms with van der Waals surface area (Å²) in [6.07, 6.45) is 4.69. The second-order valence-electron chi connectivity index (χ2n) is 5.14. The van der Waals surface area contributed by atoms with Crippen molar-refractivity contribution in [3.8, 4) is 0 Å². The standard InChI is InChI=1S/C12H22O2/c1-9(2)12(4)7-5-6-11(8-12)14-10(3)13/h9,11H,5-8H2,1-4H3. The van der Waals surface area contributed by atoms with E-state index >= 15 is 0 Å². The van der Waals surface area contributed by atoms with Crippen LogP contribution in [-0.4, -0.2) is 12.1 Å². The molecule has 1 saturated carbocycles. The number of carbonyl (C=O) groups is 1.